The number of carbonyl (C=O) groups excluding carboxylic acids is 3. The molecule has 1 saturated heterocycles. The second-order valence-corrected chi connectivity index (χ2v) is 13.8. The predicted octanol–water partition coefficient (Wildman–Crippen LogP) is 4.26. The highest BCUT2D eigenvalue weighted by Crippen LogP contribution is 2.49. The van der Waals surface area contributed by atoms with E-state index in [1.807, 2.05) is 54.1 Å². The van der Waals surface area contributed by atoms with Gasteiger partial charge in [0, 0.05) is 76.0 Å². The summed E-state index contributed by atoms with van der Waals surface area (Å²) in [7, 11) is 5.61. The zero-order valence-corrected chi connectivity index (χ0v) is 28.2. The number of likely N-dealkylation sites (N-methyl/N-ethyl adjacent to an activating group) is 1. The average molecular weight is 649 g/mol. The second kappa shape index (κ2) is 12.7. The summed E-state index contributed by atoms with van der Waals surface area (Å²) in [4.78, 5) is 45.1. The lowest BCUT2D eigenvalue weighted by Gasteiger charge is -2.53. The first-order valence-electron chi connectivity index (χ1n) is 16.8. The number of hydrogen-bond acceptors (Lipinski definition) is 6. The lowest BCUT2D eigenvalue weighted by Crippen LogP contribution is -2.56. The number of carbonyl (C=O) groups is 3. The van der Waals surface area contributed by atoms with Gasteiger partial charge in [0.1, 0.15) is 5.69 Å². The number of rotatable bonds is 9. The normalized spacial score (nSPS) is 17.3. The molecule has 2 aliphatic heterocycles. The van der Waals surface area contributed by atoms with E-state index in [0.29, 0.717) is 35.1 Å². The van der Waals surface area contributed by atoms with Crippen LogP contribution in [-0.4, -0.2) is 87.5 Å². The Bertz CT molecular complexity index is 1830. The summed E-state index contributed by atoms with van der Waals surface area (Å²) in [6.07, 6.45) is 4.95. The van der Waals surface area contributed by atoms with Gasteiger partial charge < -0.3 is 25.0 Å². The predicted molar refractivity (Wildman–Crippen MR) is 184 cm³/mol. The van der Waals surface area contributed by atoms with Crippen molar-refractivity contribution < 1.29 is 14.4 Å². The van der Waals surface area contributed by atoms with Gasteiger partial charge in [-0.3, -0.25) is 24.0 Å². The largest absolute Gasteiger partial charge is 0.347 e. The van der Waals surface area contributed by atoms with Crippen LogP contribution in [0.15, 0.2) is 66.9 Å². The molecule has 1 saturated carbocycles. The molecule has 48 heavy (non-hydrogen) atoms. The Hall–Kier alpha value is -4.74. The minimum Gasteiger partial charge on any atom is -0.347 e. The maximum absolute atomic E-state index is 13.4. The van der Waals surface area contributed by atoms with Crippen LogP contribution in [0, 0.1) is 6.92 Å². The summed E-state index contributed by atoms with van der Waals surface area (Å²) in [5, 5.41) is 10.5. The molecule has 11 nitrogen and oxygen atoms in total. The van der Waals surface area contributed by atoms with Gasteiger partial charge in [0.2, 0.25) is 0 Å². The fourth-order valence-corrected chi connectivity index (χ4v) is 7.47. The lowest BCUT2D eigenvalue weighted by molar-refractivity contribution is -0.0217. The van der Waals surface area contributed by atoms with Gasteiger partial charge >= 0.3 is 0 Å². The molecule has 4 aromatic rings. The standard InChI is InChI=1S/C37H44N8O3/c1-25-31(21-39-45(25)30-23-42(4)24-30)34(46)40-29-12-8-26(9-13-29)20-38-35(47)32-14-15-33-37(16-5-17-37)43(18-19-44(32)33)22-27-6-10-28(11-7-27)36(48)41(2)3/h6-15,21,30H,5,16-20,22-24H2,1-4H3,(H,38,47)(H,40,46). The number of nitrogens with one attached hydrogen (secondary N) is 2. The number of benzene rings is 2. The summed E-state index contributed by atoms with van der Waals surface area (Å²) < 4.78 is 4.15. The fraction of sp³-hybridized carbons (Fsp3) is 0.405. The first kappa shape index (κ1) is 31.8. The smallest absolute Gasteiger partial charge is 0.268 e. The van der Waals surface area contributed by atoms with E-state index in [0.717, 1.165) is 63.2 Å². The number of likely N-dealkylation sites (tertiary alicyclic amines) is 1. The number of aromatic nitrogens is 3. The van der Waals surface area contributed by atoms with Crippen molar-refractivity contribution in [1.82, 2.24) is 34.4 Å². The molecule has 3 aliphatic rings. The van der Waals surface area contributed by atoms with Gasteiger partial charge in [-0.05, 0) is 80.8 Å². The molecule has 2 aromatic carbocycles. The third-order valence-corrected chi connectivity index (χ3v) is 10.4. The Morgan fingerprint density at radius 1 is 0.917 bits per heavy atom. The minimum atomic E-state index is -0.178. The van der Waals surface area contributed by atoms with Gasteiger partial charge in [-0.1, -0.05) is 24.3 Å². The van der Waals surface area contributed by atoms with E-state index in [9.17, 15) is 14.4 Å². The zero-order valence-electron chi connectivity index (χ0n) is 28.2. The monoisotopic (exact) mass is 648 g/mol. The van der Waals surface area contributed by atoms with Crippen LogP contribution in [0.25, 0.3) is 0 Å². The molecular weight excluding hydrogens is 604 g/mol. The Morgan fingerprint density at radius 2 is 1.62 bits per heavy atom. The highest BCUT2D eigenvalue weighted by atomic mass is 16.2. The first-order chi connectivity index (χ1) is 23.1. The van der Waals surface area contributed by atoms with E-state index in [4.69, 9.17) is 0 Å². The molecular formula is C37H44N8O3. The van der Waals surface area contributed by atoms with Crippen molar-refractivity contribution in [3.63, 3.8) is 0 Å². The van der Waals surface area contributed by atoms with E-state index in [1.54, 1.807) is 25.2 Å². The third-order valence-electron chi connectivity index (χ3n) is 10.4. The molecule has 2 aromatic heterocycles. The number of nitrogens with zero attached hydrogens (tertiary/aromatic N) is 6. The van der Waals surface area contributed by atoms with Crippen LogP contribution in [0.3, 0.4) is 0 Å². The van der Waals surface area contributed by atoms with Gasteiger partial charge in [-0.15, -0.1) is 0 Å². The number of fused-ring (bicyclic) bond motifs is 2. The Morgan fingerprint density at radius 3 is 2.27 bits per heavy atom. The van der Waals surface area contributed by atoms with Gasteiger partial charge in [0.05, 0.1) is 23.3 Å². The van der Waals surface area contributed by atoms with Crippen molar-refractivity contribution in [3.05, 3.63) is 106 Å². The first-order valence-corrected chi connectivity index (χ1v) is 16.8. The molecule has 250 valence electrons. The van der Waals surface area contributed by atoms with Crippen LogP contribution in [0.1, 0.15) is 79.0 Å². The molecule has 1 aliphatic carbocycles. The molecule has 0 atom stereocenters. The van der Waals surface area contributed by atoms with Crippen molar-refractivity contribution in [2.75, 3.05) is 46.1 Å². The van der Waals surface area contributed by atoms with Gasteiger partial charge in [-0.25, -0.2) is 0 Å². The fourth-order valence-electron chi connectivity index (χ4n) is 7.47. The topological polar surface area (TPSA) is 108 Å². The number of anilines is 1. The molecule has 3 amide bonds. The quantitative estimate of drug-likeness (QED) is 0.281. The summed E-state index contributed by atoms with van der Waals surface area (Å²) in [6.45, 7) is 6.60. The van der Waals surface area contributed by atoms with Crippen LogP contribution < -0.4 is 10.6 Å². The number of hydrogen-bond donors (Lipinski definition) is 2. The Balaban J connectivity index is 0.958. The number of amides is 3. The SMILES string of the molecule is Cc1c(C(=O)Nc2ccc(CNC(=O)c3ccc4n3CCN(Cc3ccc(C(=O)N(C)C)cc3)C43CCC3)cc2)cnn1C1CN(C)C1. The van der Waals surface area contributed by atoms with E-state index >= 15 is 0 Å². The van der Waals surface area contributed by atoms with Crippen molar-refractivity contribution in [1.29, 1.82) is 0 Å². The molecule has 0 radical (unpaired) electrons. The summed E-state index contributed by atoms with van der Waals surface area (Å²) in [5.74, 6) is -0.262. The van der Waals surface area contributed by atoms with Crippen LogP contribution in [-0.2, 0) is 25.2 Å². The summed E-state index contributed by atoms with van der Waals surface area (Å²) >= 11 is 0. The van der Waals surface area contributed by atoms with Crippen molar-refractivity contribution in [2.24, 2.45) is 0 Å². The molecule has 2 fully saturated rings. The van der Waals surface area contributed by atoms with Crippen LogP contribution in [0.2, 0.25) is 0 Å². The molecule has 11 heteroatoms. The molecule has 0 unspecified atom stereocenters. The molecule has 0 bridgehead atoms. The molecule has 4 heterocycles. The Labute approximate surface area is 281 Å². The molecule has 7 rings (SSSR count). The van der Waals surface area contributed by atoms with Gasteiger partial charge in [0.25, 0.3) is 17.7 Å². The zero-order chi connectivity index (χ0) is 33.6. The van der Waals surface area contributed by atoms with Gasteiger partial charge in [0.15, 0.2) is 0 Å². The van der Waals surface area contributed by atoms with Crippen LogP contribution in [0.5, 0.6) is 0 Å². The van der Waals surface area contributed by atoms with Crippen molar-refractivity contribution >= 4 is 23.4 Å². The van der Waals surface area contributed by atoms with E-state index < -0.39 is 0 Å². The van der Waals surface area contributed by atoms with Crippen LogP contribution in [0.4, 0.5) is 5.69 Å². The summed E-state index contributed by atoms with van der Waals surface area (Å²) in [5.41, 5.74) is 6.81. The highest BCUT2D eigenvalue weighted by molar-refractivity contribution is 6.05. The summed E-state index contributed by atoms with van der Waals surface area (Å²) in [6, 6.07) is 19.9. The molecule has 1 spiro atoms. The maximum atomic E-state index is 13.4. The van der Waals surface area contributed by atoms with E-state index in [1.165, 1.54) is 11.3 Å². The van der Waals surface area contributed by atoms with Crippen molar-refractivity contribution in [2.45, 2.75) is 57.4 Å². The molecule has 2 N–H and O–H groups in total. The van der Waals surface area contributed by atoms with E-state index in [2.05, 4.69) is 55.3 Å². The average Bonchev–Trinajstić information content (AvgIpc) is 3.65. The lowest BCUT2D eigenvalue weighted by atomic mass is 9.71. The third kappa shape index (κ3) is 5.81. The van der Waals surface area contributed by atoms with Gasteiger partial charge in [-0.2, -0.15) is 5.10 Å². The Kier molecular flexibility index (Phi) is 8.43. The van der Waals surface area contributed by atoms with Crippen LogP contribution >= 0.6 is 0 Å². The maximum Gasteiger partial charge on any atom is 0.268 e. The van der Waals surface area contributed by atoms with E-state index in [-0.39, 0.29) is 23.3 Å². The highest BCUT2D eigenvalue weighted by Gasteiger charge is 2.48. The minimum absolute atomic E-state index is 0.00629. The van der Waals surface area contributed by atoms with Crippen molar-refractivity contribution in [3.8, 4) is 0 Å². The second-order valence-electron chi connectivity index (χ2n) is 13.8.